The Balaban J connectivity index is 0. The van der Waals surface area contributed by atoms with Crippen molar-refractivity contribution in [2.45, 2.75) is 0 Å². The zero-order valence-electron chi connectivity index (χ0n) is 3.35. The maximum absolute atomic E-state index is 9.25. The third kappa shape index (κ3) is 8.82. The van der Waals surface area contributed by atoms with E-state index in [2.05, 4.69) is 6.58 Å². The molecular weight excluding hydrogens is 108 g/mol. The van der Waals surface area contributed by atoms with Gasteiger partial charge in [-0.3, -0.25) is 0 Å². The van der Waals surface area contributed by atoms with Crippen LogP contribution in [0.1, 0.15) is 0 Å². The Hall–Kier alpha value is 0.470. The van der Waals surface area contributed by atoms with Crippen LogP contribution >= 0.6 is 0 Å². The smallest absolute Gasteiger partial charge is 0.327 e. The van der Waals surface area contributed by atoms with Gasteiger partial charge in [0.2, 0.25) is 0 Å². The molecule has 6 heavy (non-hydrogen) atoms. The molecule has 0 saturated heterocycles. The van der Waals surface area contributed by atoms with Crippen LogP contribution in [0.2, 0.25) is 0 Å². The number of carboxylic acid groups (broad SMARTS) is 1. The molecule has 2 radical (unpaired) electrons. The Morgan fingerprint density at radius 2 is 2.00 bits per heavy atom. The van der Waals surface area contributed by atoms with E-state index in [-0.39, 0.29) is 37.7 Å². The molecule has 0 aromatic carbocycles. The Labute approximate surface area is 65.9 Å². The Morgan fingerprint density at radius 1 is 1.83 bits per heavy atom. The minimum atomic E-state index is -0.981. The van der Waals surface area contributed by atoms with Gasteiger partial charge in [-0.2, -0.15) is 0 Å². The summed E-state index contributed by atoms with van der Waals surface area (Å²) in [6.07, 6.45) is 0.833. The van der Waals surface area contributed by atoms with Gasteiger partial charge in [0.25, 0.3) is 0 Å². The zero-order valence-corrected chi connectivity index (χ0v) is 5.56. The van der Waals surface area contributed by atoms with Crippen LogP contribution in [0, 0.1) is 0 Å². The van der Waals surface area contributed by atoms with Crippen molar-refractivity contribution in [1.29, 1.82) is 0 Å². The van der Waals surface area contributed by atoms with Gasteiger partial charge in [-0.25, -0.2) is 4.79 Å². The molecule has 3 heteroatoms. The van der Waals surface area contributed by atoms with Crippen molar-refractivity contribution < 1.29 is 9.90 Å². The third-order valence-corrected chi connectivity index (χ3v) is 0.175. The average molecular weight is 112 g/mol. The maximum atomic E-state index is 9.25. The third-order valence-electron chi connectivity index (χ3n) is 0.175. The van der Waals surface area contributed by atoms with E-state index in [1.165, 1.54) is 0 Å². The van der Waals surface area contributed by atoms with Gasteiger partial charge in [0.1, 0.15) is 0 Å². The summed E-state index contributed by atoms with van der Waals surface area (Å²) in [6.45, 7) is 2.96. The first-order valence-electron chi connectivity index (χ1n) is 1.12. The van der Waals surface area contributed by atoms with Gasteiger partial charge < -0.3 is 5.11 Å². The van der Waals surface area contributed by atoms with Gasteiger partial charge in [0.15, 0.2) is 0 Å². The summed E-state index contributed by atoms with van der Waals surface area (Å²) in [4.78, 5) is 9.25. The van der Waals surface area contributed by atoms with Crippen molar-refractivity contribution >= 4 is 43.7 Å². The van der Waals surface area contributed by atoms with Crippen LogP contribution in [0.25, 0.3) is 0 Å². The van der Waals surface area contributed by atoms with Crippen molar-refractivity contribution in [3.8, 4) is 0 Å². The molecule has 0 saturated carbocycles. The molecule has 1 N–H and O–H groups in total. The normalized spacial score (nSPS) is 5.33. The monoisotopic (exact) mass is 112 g/mol. The molecule has 0 aliphatic rings. The molecule has 0 atom stereocenters. The topological polar surface area (TPSA) is 37.3 Å². The summed E-state index contributed by atoms with van der Waals surface area (Å²) in [6, 6.07) is 0. The number of carbonyl (C=O) groups is 1. The molecule has 0 heterocycles. The minimum Gasteiger partial charge on any atom is -0.478 e. The summed E-state index contributed by atoms with van der Waals surface area (Å²) in [5, 5.41) is 7.60. The van der Waals surface area contributed by atoms with Gasteiger partial charge in [-0.1, -0.05) is 6.58 Å². The summed E-state index contributed by atoms with van der Waals surface area (Å²) >= 11 is 0. The van der Waals surface area contributed by atoms with Crippen LogP contribution in [-0.4, -0.2) is 48.8 Å². The number of carboxylic acids is 1. The van der Waals surface area contributed by atoms with Crippen LogP contribution in [0.4, 0.5) is 0 Å². The number of aliphatic carboxylic acids is 1. The molecule has 0 aliphatic carbocycles. The van der Waals surface area contributed by atoms with Crippen molar-refractivity contribution in [2.24, 2.45) is 0 Å². The molecular formula is C3H4CaO2. The summed E-state index contributed by atoms with van der Waals surface area (Å²) < 4.78 is 0. The Kier molecular flexibility index (Phi) is 8.83. The van der Waals surface area contributed by atoms with Gasteiger partial charge in [-0.15, -0.1) is 0 Å². The fourth-order valence-electron chi connectivity index (χ4n) is 0. The van der Waals surface area contributed by atoms with E-state index < -0.39 is 5.97 Å². The number of hydrogen-bond donors (Lipinski definition) is 1. The van der Waals surface area contributed by atoms with Gasteiger partial charge >= 0.3 is 5.97 Å². The van der Waals surface area contributed by atoms with Crippen LogP contribution in [-0.2, 0) is 4.79 Å². The average Bonchev–Trinajstić information content (AvgIpc) is 1.38. The number of hydrogen-bond acceptors (Lipinski definition) is 1. The molecule has 2 nitrogen and oxygen atoms in total. The van der Waals surface area contributed by atoms with Crippen LogP contribution in [0.5, 0.6) is 0 Å². The van der Waals surface area contributed by atoms with Crippen LogP contribution < -0.4 is 0 Å². The van der Waals surface area contributed by atoms with Crippen molar-refractivity contribution in [1.82, 2.24) is 0 Å². The second-order valence-electron chi connectivity index (χ2n) is 0.542. The van der Waals surface area contributed by atoms with Crippen molar-refractivity contribution in [2.75, 3.05) is 0 Å². The first kappa shape index (κ1) is 9.69. The fourth-order valence-corrected chi connectivity index (χ4v) is 0. The van der Waals surface area contributed by atoms with E-state index >= 15 is 0 Å². The molecule has 0 aromatic heterocycles. The zero-order chi connectivity index (χ0) is 4.28. The fraction of sp³-hybridized carbons (Fsp3) is 0. The molecule has 0 aliphatic heterocycles. The minimum absolute atomic E-state index is 0. The van der Waals surface area contributed by atoms with E-state index in [4.69, 9.17) is 5.11 Å². The molecule has 0 spiro atoms. The second-order valence-corrected chi connectivity index (χ2v) is 0.542. The van der Waals surface area contributed by atoms with Crippen LogP contribution in [0.15, 0.2) is 12.7 Å². The number of rotatable bonds is 1. The van der Waals surface area contributed by atoms with Gasteiger partial charge in [-0.05, 0) is 0 Å². The van der Waals surface area contributed by atoms with Crippen molar-refractivity contribution in [3.63, 3.8) is 0 Å². The van der Waals surface area contributed by atoms with E-state index in [1.54, 1.807) is 0 Å². The molecule has 0 unspecified atom stereocenters. The van der Waals surface area contributed by atoms with E-state index in [0.29, 0.717) is 0 Å². The standard InChI is InChI=1S/C3H4O2.Ca/c1-2-3(4)5;/h2H,1H2,(H,4,5);. The van der Waals surface area contributed by atoms with Crippen LogP contribution in [0.3, 0.4) is 0 Å². The Morgan fingerprint density at radius 3 is 2.00 bits per heavy atom. The predicted octanol–water partition coefficient (Wildman–Crippen LogP) is -0.124. The van der Waals surface area contributed by atoms with E-state index in [1.807, 2.05) is 0 Å². The molecule has 30 valence electrons. The summed E-state index contributed by atoms with van der Waals surface area (Å²) in [5.74, 6) is -0.981. The van der Waals surface area contributed by atoms with E-state index in [0.717, 1.165) is 6.08 Å². The molecule has 0 aromatic rings. The first-order valence-corrected chi connectivity index (χ1v) is 1.12. The molecule has 0 fully saturated rings. The second kappa shape index (κ2) is 5.47. The summed E-state index contributed by atoms with van der Waals surface area (Å²) in [5.41, 5.74) is 0. The molecule has 0 amide bonds. The summed E-state index contributed by atoms with van der Waals surface area (Å²) in [7, 11) is 0. The quantitative estimate of drug-likeness (QED) is 0.379. The SMILES string of the molecule is C=CC(=O)O.[Ca]. The predicted molar refractivity (Wildman–Crippen MR) is 23.6 cm³/mol. The largest absolute Gasteiger partial charge is 0.478 e. The van der Waals surface area contributed by atoms with E-state index in [9.17, 15) is 4.79 Å². The van der Waals surface area contributed by atoms with Crippen molar-refractivity contribution in [3.05, 3.63) is 12.7 Å². The Bertz CT molecular complexity index is 59.8. The maximum Gasteiger partial charge on any atom is 0.327 e. The first-order chi connectivity index (χ1) is 2.27. The van der Waals surface area contributed by atoms with Gasteiger partial charge in [0.05, 0.1) is 0 Å². The van der Waals surface area contributed by atoms with Gasteiger partial charge in [0, 0.05) is 43.8 Å². The molecule has 0 bridgehead atoms. The molecule has 0 rings (SSSR count).